The molecule has 1 saturated heterocycles. The van der Waals surface area contributed by atoms with Crippen LogP contribution in [0.1, 0.15) is 11.3 Å². The number of pyridine rings is 1. The number of aryl methyl sites for hydroxylation is 1. The molecular formula is C20H20N4O2. The quantitative estimate of drug-likeness (QED) is 0.755. The van der Waals surface area contributed by atoms with E-state index >= 15 is 0 Å². The van der Waals surface area contributed by atoms with Crippen molar-refractivity contribution >= 4 is 11.7 Å². The summed E-state index contributed by atoms with van der Waals surface area (Å²) in [7, 11) is 0. The summed E-state index contributed by atoms with van der Waals surface area (Å²) in [6, 6.07) is 9.75. The number of anilines is 1. The molecule has 6 nitrogen and oxygen atoms in total. The highest BCUT2D eigenvalue weighted by molar-refractivity contribution is 6.02. The van der Waals surface area contributed by atoms with E-state index in [4.69, 9.17) is 0 Å². The molecule has 1 aliphatic carbocycles. The fourth-order valence-electron chi connectivity index (χ4n) is 4.24. The van der Waals surface area contributed by atoms with Gasteiger partial charge in [0.15, 0.2) is 5.43 Å². The second-order valence-electron chi connectivity index (χ2n) is 6.90. The normalized spacial score (nSPS) is 17.1. The van der Waals surface area contributed by atoms with Gasteiger partial charge in [0.2, 0.25) is 0 Å². The van der Waals surface area contributed by atoms with Crippen LogP contribution in [0.4, 0.5) is 5.82 Å². The van der Waals surface area contributed by atoms with Crippen LogP contribution in [0.15, 0.2) is 47.0 Å². The van der Waals surface area contributed by atoms with Gasteiger partial charge in [-0.1, -0.05) is 24.3 Å². The molecule has 1 aromatic heterocycles. The average Bonchev–Trinajstić information content (AvgIpc) is 3.31. The van der Waals surface area contributed by atoms with Gasteiger partial charge in [0.1, 0.15) is 11.6 Å². The molecule has 26 heavy (non-hydrogen) atoms. The first kappa shape index (κ1) is 15.3. The summed E-state index contributed by atoms with van der Waals surface area (Å²) in [6.45, 7) is 2.97. The third-order valence-corrected chi connectivity index (χ3v) is 5.43. The molecule has 2 aliphatic heterocycles. The molecule has 5 rings (SSSR count). The molecule has 0 spiro atoms. The van der Waals surface area contributed by atoms with Crippen molar-refractivity contribution in [2.45, 2.75) is 19.4 Å². The number of aromatic nitrogens is 1. The van der Waals surface area contributed by atoms with E-state index in [0.29, 0.717) is 12.4 Å². The van der Waals surface area contributed by atoms with Gasteiger partial charge in [-0.25, -0.2) is 0 Å². The van der Waals surface area contributed by atoms with Crippen LogP contribution in [0.5, 0.6) is 0 Å². The zero-order valence-electron chi connectivity index (χ0n) is 14.4. The standard InChI is InChI=1S/C20H20N4O2/c25-16-11-18-23(9-10-24(18)19(26)12-17-21-7-8-22-17)15-6-5-13-3-1-2-4-14(13)20(15)16/h1-4,11-12,21-22H,5-10H2. The largest absolute Gasteiger partial charge is 0.370 e. The first-order chi connectivity index (χ1) is 12.7. The molecule has 0 bridgehead atoms. The van der Waals surface area contributed by atoms with E-state index in [2.05, 4.69) is 21.3 Å². The predicted molar refractivity (Wildman–Crippen MR) is 100.0 cm³/mol. The Bertz CT molecular complexity index is 997. The summed E-state index contributed by atoms with van der Waals surface area (Å²) < 4.78 is 2.15. The summed E-state index contributed by atoms with van der Waals surface area (Å²) in [5, 5.41) is 6.28. The second kappa shape index (κ2) is 5.76. The van der Waals surface area contributed by atoms with Crippen molar-refractivity contribution in [3.05, 3.63) is 63.7 Å². The molecule has 0 unspecified atom stereocenters. The zero-order chi connectivity index (χ0) is 17.7. The number of hydrogen-bond donors (Lipinski definition) is 2. The molecule has 2 N–H and O–H groups in total. The van der Waals surface area contributed by atoms with Crippen LogP contribution in [0.2, 0.25) is 0 Å². The van der Waals surface area contributed by atoms with Gasteiger partial charge in [-0.15, -0.1) is 0 Å². The number of amides is 1. The summed E-state index contributed by atoms with van der Waals surface area (Å²) in [4.78, 5) is 27.3. The van der Waals surface area contributed by atoms with Crippen molar-refractivity contribution in [1.29, 1.82) is 0 Å². The molecule has 6 heteroatoms. The van der Waals surface area contributed by atoms with Gasteiger partial charge in [-0.3, -0.25) is 14.5 Å². The van der Waals surface area contributed by atoms with Gasteiger partial charge in [0.05, 0.1) is 0 Å². The number of nitrogens with zero attached hydrogens (tertiary/aromatic N) is 2. The Kier molecular flexibility index (Phi) is 3.38. The Hall–Kier alpha value is -3.02. The minimum atomic E-state index is -0.0938. The Morgan fingerprint density at radius 1 is 1.08 bits per heavy atom. The first-order valence-electron chi connectivity index (χ1n) is 9.08. The molecule has 132 valence electrons. The first-order valence-corrected chi connectivity index (χ1v) is 9.08. The Morgan fingerprint density at radius 3 is 2.73 bits per heavy atom. The number of rotatable bonds is 1. The Balaban J connectivity index is 1.59. The van der Waals surface area contributed by atoms with Crippen LogP contribution in [0, 0.1) is 0 Å². The molecule has 0 atom stereocenters. The van der Waals surface area contributed by atoms with Gasteiger partial charge in [-0.2, -0.15) is 0 Å². The Morgan fingerprint density at radius 2 is 1.88 bits per heavy atom. The highest BCUT2D eigenvalue weighted by atomic mass is 16.2. The molecule has 1 fully saturated rings. The molecule has 3 heterocycles. The van der Waals surface area contributed by atoms with Crippen LogP contribution >= 0.6 is 0 Å². The maximum Gasteiger partial charge on any atom is 0.255 e. The average molecular weight is 348 g/mol. The fraction of sp³-hybridized carbons (Fsp3) is 0.300. The minimum Gasteiger partial charge on any atom is -0.370 e. The molecule has 1 aromatic carbocycles. The third kappa shape index (κ3) is 2.25. The van der Waals surface area contributed by atoms with E-state index in [1.807, 2.05) is 18.2 Å². The predicted octanol–water partition coefficient (Wildman–Crippen LogP) is 0.995. The van der Waals surface area contributed by atoms with Crippen molar-refractivity contribution in [3.63, 3.8) is 0 Å². The monoisotopic (exact) mass is 348 g/mol. The van der Waals surface area contributed by atoms with E-state index in [9.17, 15) is 9.59 Å². The van der Waals surface area contributed by atoms with E-state index < -0.39 is 0 Å². The summed E-state index contributed by atoms with van der Waals surface area (Å²) in [5.41, 5.74) is 4.14. The molecule has 2 aromatic rings. The van der Waals surface area contributed by atoms with Crippen LogP contribution in [0.3, 0.4) is 0 Å². The van der Waals surface area contributed by atoms with Crippen LogP contribution in [-0.4, -0.2) is 30.1 Å². The van der Waals surface area contributed by atoms with Gasteiger partial charge < -0.3 is 15.2 Å². The lowest BCUT2D eigenvalue weighted by Crippen LogP contribution is -2.30. The number of hydrogen-bond acceptors (Lipinski definition) is 4. The third-order valence-electron chi connectivity index (χ3n) is 5.43. The highest BCUT2D eigenvalue weighted by Crippen LogP contribution is 2.34. The van der Waals surface area contributed by atoms with Crippen molar-refractivity contribution in [1.82, 2.24) is 15.2 Å². The van der Waals surface area contributed by atoms with E-state index in [-0.39, 0.29) is 11.3 Å². The SMILES string of the molecule is O=C(C=C1NCCN1)N1CCn2c1cc(=O)c1c2CCc2ccccc2-1. The van der Waals surface area contributed by atoms with Crippen molar-refractivity contribution in [2.75, 3.05) is 24.5 Å². The number of carbonyl (C=O) groups is 1. The second-order valence-corrected chi connectivity index (χ2v) is 6.90. The minimum absolute atomic E-state index is 0.00266. The summed E-state index contributed by atoms with van der Waals surface area (Å²) in [5.74, 6) is 1.37. The van der Waals surface area contributed by atoms with Crippen molar-refractivity contribution < 1.29 is 4.79 Å². The highest BCUT2D eigenvalue weighted by Gasteiger charge is 2.30. The lowest BCUT2D eigenvalue weighted by atomic mass is 9.88. The number of fused-ring (bicyclic) bond motifs is 5. The lowest BCUT2D eigenvalue weighted by molar-refractivity contribution is -0.114. The molecular weight excluding hydrogens is 328 g/mol. The van der Waals surface area contributed by atoms with Crippen molar-refractivity contribution in [2.24, 2.45) is 0 Å². The molecule has 0 radical (unpaired) electrons. The van der Waals surface area contributed by atoms with Crippen LogP contribution in [0.25, 0.3) is 11.1 Å². The topological polar surface area (TPSA) is 66.4 Å². The fourth-order valence-corrected chi connectivity index (χ4v) is 4.24. The zero-order valence-corrected chi connectivity index (χ0v) is 14.4. The van der Waals surface area contributed by atoms with Gasteiger partial charge in [0, 0.05) is 49.6 Å². The van der Waals surface area contributed by atoms with E-state index in [1.165, 1.54) is 5.56 Å². The van der Waals surface area contributed by atoms with Gasteiger partial charge in [-0.05, 0) is 24.0 Å². The summed E-state index contributed by atoms with van der Waals surface area (Å²) in [6.07, 6.45) is 3.35. The molecule has 0 saturated carbocycles. The molecule has 1 amide bonds. The number of carbonyl (C=O) groups excluding carboxylic acids is 1. The number of benzene rings is 1. The van der Waals surface area contributed by atoms with Crippen molar-refractivity contribution in [3.8, 4) is 11.1 Å². The van der Waals surface area contributed by atoms with Crippen LogP contribution in [-0.2, 0) is 24.2 Å². The van der Waals surface area contributed by atoms with Gasteiger partial charge >= 0.3 is 0 Å². The maximum absolute atomic E-state index is 12.9. The van der Waals surface area contributed by atoms with E-state index in [1.54, 1.807) is 17.0 Å². The smallest absolute Gasteiger partial charge is 0.255 e. The lowest BCUT2D eigenvalue weighted by Gasteiger charge is -2.23. The van der Waals surface area contributed by atoms with E-state index in [0.717, 1.165) is 55.1 Å². The number of nitrogens with one attached hydrogen (secondary N) is 2. The summed E-state index contributed by atoms with van der Waals surface area (Å²) >= 11 is 0. The Labute approximate surface area is 151 Å². The van der Waals surface area contributed by atoms with Gasteiger partial charge in [0.25, 0.3) is 5.91 Å². The molecule has 3 aliphatic rings. The maximum atomic E-state index is 12.9. The van der Waals surface area contributed by atoms with Crippen LogP contribution < -0.4 is 21.0 Å².